The third kappa shape index (κ3) is 3.19. The Bertz CT molecular complexity index is 1610. The minimum Gasteiger partial charge on any atom is -0.307 e. The average molecular weight is 474 g/mol. The number of benzene rings is 4. The van der Waals surface area contributed by atoms with Crippen LogP contribution in [0.5, 0.6) is 0 Å². The zero-order valence-electron chi connectivity index (χ0n) is 19.6. The molecule has 5 heteroatoms. The Morgan fingerprint density at radius 3 is 2.33 bits per heavy atom. The van der Waals surface area contributed by atoms with Crippen molar-refractivity contribution in [1.29, 1.82) is 0 Å². The van der Waals surface area contributed by atoms with Gasteiger partial charge in [0.1, 0.15) is 5.82 Å². The van der Waals surface area contributed by atoms with Gasteiger partial charge in [-0.15, -0.1) is 0 Å². The van der Waals surface area contributed by atoms with Crippen molar-refractivity contribution in [2.75, 3.05) is 4.90 Å². The first-order valence-corrected chi connectivity index (χ1v) is 12.3. The number of aromatic nitrogens is 2. The van der Waals surface area contributed by atoms with Crippen LogP contribution >= 0.6 is 0 Å². The monoisotopic (exact) mass is 473 g/mol. The van der Waals surface area contributed by atoms with Gasteiger partial charge in [-0.1, -0.05) is 72.8 Å². The summed E-state index contributed by atoms with van der Waals surface area (Å²) >= 11 is 0. The third-order valence-corrected chi connectivity index (χ3v) is 7.75. The largest absolute Gasteiger partial charge is 0.307 e. The van der Waals surface area contributed by atoms with Gasteiger partial charge < -0.3 is 4.90 Å². The highest BCUT2D eigenvalue weighted by Gasteiger charge is 2.67. The first-order chi connectivity index (χ1) is 17.6. The van der Waals surface area contributed by atoms with Gasteiger partial charge in [-0.05, 0) is 52.9 Å². The molecule has 2 atom stereocenters. The maximum atomic E-state index is 14.4. The van der Waals surface area contributed by atoms with E-state index in [0.717, 1.165) is 33.3 Å². The molecule has 1 spiro atoms. The predicted octanol–water partition coefficient (Wildman–Crippen LogP) is 6.20. The van der Waals surface area contributed by atoms with Crippen LogP contribution in [0.25, 0.3) is 10.9 Å². The lowest BCUT2D eigenvalue weighted by atomic mass is 9.91. The number of nitrogens with zero attached hydrogens (tertiary/aromatic N) is 3. The van der Waals surface area contributed by atoms with Crippen LogP contribution in [0.3, 0.4) is 0 Å². The van der Waals surface area contributed by atoms with E-state index in [1.165, 1.54) is 11.6 Å². The molecule has 1 fully saturated rings. The van der Waals surface area contributed by atoms with Crippen LogP contribution in [-0.2, 0) is 23.3 Å². The summed E-state index contributed by atoms with van der Waals surface area (Å²) in [4.78, 5) is 15.8. The summed E-state index contributed by atoms with van der Waals surface area (Å²) in [6.45, 7) is 1.16. The van der Waals surface area contributed by atoms with Crippen LogP contribution in [0.2, 0.25) is 0 Å². The van der Waals surface area contributed by atoms with Gasteiger partial charge in [0.15, 0.2) is 0 Å². The topological polar surface area (TPSA) is 38.1 Å². The summed E-state index contributed by atoms with van der Waals surface area (Å²) in [6, 6.07) is 31.3. The number of hydrogen-bond donors (Lipinski definition) is 0. The highest BCUT2D eigenvalue weighted by molar-refractivity contribution is 6.11. The number of anilines is 1. The molecule has 36 heavy (non-hydrogen) atoms. The molecule has 1 aliphatic heterocycles. The molecule has 4 aromatic carbocycles. The molecular weight excluding hydrogens is 449 g/mol. The summed E-state index contributed by atoms with van der Waals surface area (Å²) in [6.07, 6.45) is 2.57. The lowest BCUT2D eigenvalue weighted by Gasteiger charge is -2.18. The highest BCUT2D eigenvalue weighted by atomic mass is 19.1. The summed E-state index contributed by atoms with van der Waals surface area (Å²) in [5, 5.41) is 5.68. The normalized spacial score (nSPS) is 20.3. The van der Waals surface area contributed by atoms with E-state index in [2.05, 4.69) is 35.4 Å². The van der Waals surface area contributed by atoms with Crippen LogP contribution in [0.1, 0.15) is 34.6 Å². The van der Waals surface area contributed by atoms with Gasteiger partial charge in [-0.2, -0.15) is 5.10 Å². The number of hydrogen-bond acceptors (Lipinski definition) is 2. The number of halogens is 1. The molecule has 0 N–H and O–H groups in total. The minimum absolute atomic E-state index is 0.01000. The average Bonchev–Trinajstić information content (AvgIpc) is 3.49. The second-order valence-electron chi connectivity index (χ2n) is 9.87. The molecule has 1 aromatic heterocycles. The lowest BCUT2D eigenvalue weighted by Crippen LogP contribution is -2.32. The summed E-state index contributed by atoms with van der Waals surface area (Å²) in [5.74, 6) is -0.227. The summed E-state index contributed by atoms with van der Waals surface area (Å²) in [7, 11) is 0. The Hall–Kier alpha value is -4.25. The molecular formula is C31H24FN3O. The van der Waals surface area contributed by atoms with Gasteiger partial charge in [-0.3, -0.25) is 9.48 Å². The van der Waals surface area contributed by atoms with Crippen molar-refractivity contribution in [1.82, 2.24) is 9.78 Å². The Balaban J connectivity index is 1.26. The number of amides is 1. The van der Waals surface area contributed by atoms with Crippen LogP contribution in [-0.4, -0.2) is 15.7 Å². The van der Waals surface area contributed by atoms with Gasteiger partial charge in [0.25, 0.3) is 0 Å². The fraction of sp³-hybridized carbons (Fsp3) is 0.161. The molecule has 2 heterocycles. The number of fused-ring (bicyclic) bond motifs is 3. The van der Waals surface area contributed by atoms with Crippen LogP contribution in [0.4, 0.5) is 10.1 Å². The summed E-state index contributed by atoms with van der Waals surface area (Å²) in [5.41, 5.74) is 5.31. The number of carbonyl (C=O) groups is 1. The van der Waals surface area contributed by atoms with Crippen molar-refractivity contribution in [2.45, 2.75) is 30.8 Å². The fourth-order valence-corrected chi connectivity index (χ4v) is 5.88. The van der Waals surface area contributed by atoms with Crippen molar-refractivity contribution in [3.63, 3.8) is 0 Å². The molecule has 2 aliphatic rings. The predicted molar refractivity (Wildman–Crippen MR) is 138 cm³/mol. The SMILES string of the molecule is O=C1N(Cc2ccccc2)c2ccc(F)cc2C12CC2c1ccc2cnn(Cc3ccccc3)c2c1. The molecule has 1 aliphatic carbocycles. The van der Waals surface area contributed by atoms with E-state index in [-0.39, 0.29) is 17.6 Å². The van der Waals surface area contributed by atoms with Gasteiger partial charge in [0, 0.05) is 17.0 Å². The zero-order valence-corrected chi connectivity index (χ0v) is 19.6. The molecule has 2 unspecified atom stereocenters. The standard InChI is InChI=1S/C31H24FN3O/c32-25-13-14-28-26(16-25)31(30(36)34(28)19-21-7-3-1-4-8-21)17-27(31)23-11-12-24-18-33-35(29(24)15-23)20-22-9-5-2-6-10-22/h1-16,18,27H,17,19-20H2. The minimum atomic E-state index is -0.704. The van der Waals surface area contributed by atoms with Gasteiger partial charge in [0.05, 0.1) is 30.2 Å². The van der Waals surface area contributed by atoms with Crippen molar-refractivity contribution >= 4 is 22.5 Å². The van der Waals surface area contributed by atoms with Crippen molar-refractivity contribution < 1.29 is 9.18 Å². The Kier molecular flexibility index (Phi) is 4.61. The second-order valence-corrected chi connectivity index (χ2v) is 9.87. The smallest absolute Gasteiger partial charge is 0.238 e. The first kappa shape index (κ1) is 21.1. The molecule has 7 rings (SSSR count). The zero-order chi connectivity index (χ0) is 24.3. The molecule has 4 nitrogen and oxygen atoms in total. The Labute approximate surface area is 208 Å². The fourth-order valence-electron chi connectivity index (χ4n) is 5.88. The number of rotatable bonds is 5. The van der Waals surface area contributed by atoms with E-state index in [1.807, 2.05) is 64.3 Å². The lowest BCUT2D eigenvalue weighted by molar-refractivity contribution is -0.120. The molecule has 0 radical (unpaired) electrons. The molecule has 1 saturated carbocycles. The van der Waals surface area contributed by atoms with E-state index in [4.69, 9.17) is 0 Å². The molecule has 1 amide bonds. The first-order valence-electron chi connectivity index (χ1n) is 12.3. The number of carbonyl (C=O) groups excluding carboxylic acids is 1. The van der Waals surface area contributed by atoms with Gasteiger partial charge in [0.2, 0.25) is 5.91 Å². The molecule has 176 valence electrons. The third-order valence-electron chi connectivity index (χ3n) is 7.75. The Morgan fingerprint density at radius 2 is 1.58 bits per heavy atom. The maximum Gasteiger partial charge on any atom is 0.238 e. The van der Waals surface area contributed by atoms with Crippen LogP contribution < -0.4 is 4.90 Å². The molecule has 0 saturated heterocycles. The highest BCUT2D eigenvalue weighted by Crippen LogP contribution is 2.66. The Morgan fingerprint density at radius 1 is 0.861 bits per heavy atom. The van der Waals surface area contributed by atoms with Crippen LogP contribution in [0.15, 0.2) is 103 Å². The van der Waals surface area contributed by atoms with Gasteiger partial charge in [-0.25, -0.2) is 4.39 Å². The van der Waals surface area contributed by atoms with E-state index in [1.54, 1.807) is 12.1 Å². The van der Waals surface area contributed by atoms with E-state index in [0.29, 0.717) is 19.5 Å². The molecule has 5 aromatic rings. The van der Waals surface area contributed by atoms with Crippen molar-refractivity contribution in [3.8, 4) is 0 Å². The van der Waals surface area contributed by atoms with Crippen molar-refractivity contribution in [3.05, 3.63) is 131 Å². The van der Waals surface area contributed by atoms with E-state index >= 15 is 0 Å². The van der Waals surface area contributed by atoms with Crippen LogP contribution in [0, 0.1) is 5.82 Å². The van der Waals surface area contributed by atoms with Gasteiger partial charge >= 0.3 is 0 Å². The second kappa shape index (κ2) is 7.89. The maximum absolute atomic E-state index is 14.4. The quantitative estimate of drug-likeness (QED) is 0.305. The van der Waals surface area contributed by atoms with Crippen molar-refractivity contribution in [2.24, 2.45) is 0 Å². The molecule has 0 bridgehead atoms. The van der Waals surface area contributed by atoms with E-state index in [9.17, 15) is 9.18 Å². The summed E-state index contributed by atoms with van der Waals surface area (Å²) < 4.78 is 16.4. The van der Waals surface area contributed by atoms with E-state index < -0.39 is 5.41 Å².